The Morgan fingerprint density at radius 2 is 2.20 bits per heavy atom. The summed E-state index contributed by atoms with van der Waals surface area (Å²) in [6.07, 6.45) is 4.21. The molecule has 0 amide bonds. The van der Waals surface area contributed by atoms with Gasteiger partial charge < -0.3 is 5.32 Å². The van der Waals surface area contributed by atoms with Crippen molar-refractivity contribution in [1.82, 2.24) is 5.32 Å². The second kappa shape index (κ2) is 3.97. The topological polar surface area (TPSA) is 12.0 Å². The molecule has 1 aliphatic rings. The van der Waals surface area contributed by atoms with Crippen LogP contribution in [0.2, 0.25) is 0 Å². The fraction of sp³-hybridized carbons (Fsp3) is 1.00. The van der Waals surface area contributed by atoms with E-state index in [2.05, 4.69) is 19.2 Å². The van der Waals surface area contributed by atoms with Gasteiger partial charge in [0.05, 0.1) is 0 Å². The van der Waals surface area contributed by atoms with Crippen molar-refractivity contribution in [3.63, 3.8) is 0 Å². The van der Waals surface area contributed by atoms with E-state index in [4.69, 9.17) is 0 Å². The molecule has 1 saturated heterocycles. The molecule has 1 heteroatoms. The predicted molar refractivity (Wildman–Crippen MR) is 45.0 cm³/mol. The van der Waals surface area contributed by atoms with Crippen LogP contribution in [0, 0.1) is 11.8 Å². The fourth-order valence-electron chi connectivity index (χ4n) is 1.90. The Morgan fingerprint density at radius 3 is 2.80 bits per heavy atom. The second-order valence-electron chi connectivity index (χ2n) is 3.65. The van der Waals surface area contributed by atoms with Crippen molar-refractivity contribution in [2.24, 2.45) is 11.8 Å². The normalized spacial score (nSPS) is 34.2. The molecule has 10 heavy (non-hydrogen) atoms. The Balaban J connectivity index is 2.18. The molecular weight excluding hydrogens is 122 g/mol. The summed E-state index contributed by atoms with van der Waals surface area (Å²) in [5.74, 6) is 1.87. The van der Waals surface area contributed by atoms with Gasteiger partial charge in [0, 0.05) is 0 Å². The summed E-state index contributed by atoms with van der Waals surface area (Å²) in [7, 11) is 0. The smallest absolute Gasteiger partial charge is 0.00203 e. The Kier molecular flexibility index (Phi) is 3.20. The van der Waals surface area contributed by atoms with E-state index in [0.29, 0.717) is 0 Å². The molecule has 0 aliphatic carbocycles. The van der Waals surface area contributed by atoms with Crippen molar-refractivity contribution in [3.8, 4) is 0 Å². The molecule has 1 N–H and O–H groups in total. The molecular formula is C9H19N. The summed E-state index contributed by atoms with van der Waals surface area (Å²) in [5.41, 5.74) is 0. The van der Waals surface area contributed by atoms with E-state index >= 15 is 0 Å². The first-order valence-corrected chi connectivity index (χ1v) is 4.53. The highest BCUT2D eigenvalue weighted by Crippen LogP contribution is 2.19. The van der Waals surface area contributed by atoms with E-state index in [-0.39, 0.29) is 0 Å². The Bertz CT molecular complexity index is 88.7. The maximum atomic E-state index is 3.47. The van der Waals surface area contributed by atoms with Gasteiger partial charge in [-0.3, -0.25) is 0 Å². The monoisotopic (exact) mass is 141 g/mol. The van der Waals surface area contributed by atoms with Crippen LogP contribution in [0.1, 0.15) is 33.1 Å². The van der Waals surface area contributed by atoms with Crippen LogP contribution in [0.4, 0.5) is 0 Å². The van der Waals surface area contributed by atoms with Gasteiger partial charge in [0.2, 0.25) is 0 Å². The highest BCUT2D eigenvalue weighted by atomic mass is 14.9. The summed E-state index contributed by atoms with van der Waals surface area (Å²) in [6.45, 7) is 7.12. The maximum Gasteiger partial charge on any atom is -0.00203 e. The number of piperidine rings is 1. The quantitative estimate of drug-likeness (QED) is 0.620. The van der Waals surface area contributed by atoms with Crippen LogP contribution in [0.3, 0.4) is 0 Å². The minimum absolute atomic E-state index is 0.908. The largest absolute Gasteiger partial charge is 0.316 e. The third kappa shape index (κ3) is 2.30. The molecule has 60 valence electrons. The Labute approximate surface area is 64.2 Å². The second-order valence-corrected chi connectivity index (χ2v) is 3.65. The van der Waals surface area contributed by atoms with Gasteiger partial charge >= 0.3 is 0 Å². The predicted octanol–water partition coefficient (Wildman–Crippen LogP) is 2.03. The lowest BCUT2D eigenvalue weighted by atomic mass is 9.89. The van der Waals surface area contributed by atoms with Crippen molar-refractivity contribution < 1.29 is 0 Å². The van der Waals surface area contributed by atoms with Crippen LogP contribution >= 0.6 is 0 Å². The molecule has 0 aromatic heterocycles. The van der Waals surface area contributed by atoms with Gasteiger partial charge in [0.15, 0.2) is 0 Å². The molecule has 0 aromatic carbocycles. The Hall–Kier alpha value is -0.0400. The van der Waals surface area contributed by atoms with Crippen molar-refractivity contribution in [1.29, 1.82) is 0 Å². The molecule has 0 aromatic rings. The van der Waals surface area contributed by atoms with Gasteiger partial charge in [-0.1, -0.05) is 20.3 Å². The minimum Gasteiger partial charge on any atom is -0.316 e. The van der Waals surface area contributed by atoms with Crippen molar-refractivity contribution in [2.75, 3.05) is 13.1 Å². The van der Waals surface area contributed by atoms with Crippen molar-refractivity contribution in [3.05, 3.63) is 0 Å². The molecule has 1 aliphatic heterocycles. The molecule has 2 atom stereocenters. The summed E-state index contributed by atoms with van der Waals surface area (Å²) in [4.78, 5) is 0. The lowest BCUT2D eigenvalue weighted by Gasteiger charge is -2.27. The third-order valence-electron chi connectivity index (χ3n) is 2.36. The lowest BCUT2D eigenvalue weighted by molar-refractivity contribution is 0.288. The van der Waals surface area contributed by atoms with Crippen molar-refractivity contribution >= 4 is 0 Å². The van der Waals surface area contributed by atoms with Crippen LogP contribution < -0.4 is 5.32 Å². The van der Waals surface area contributed by atoms with E-state index in [1.807, 2.05) is 0 Å². The van der Waals surface area contributed by atoms with E-state index in [1.165, 1.54) is 32.4 Å². The van der Waals surface area contributed by atoms with E-state index in [1.54, 1.807) is 0 Å². The van der Waals surface area contributed by atoms with Crippen LogP contribution in [0.15, 0.2) is 0 Å². The molecule has 1 nitrogen and oxygen atoms in total. The number of rotatable bonds is 2. The van der Waals surface area contributed by atoms with Crippen LogP contribution in [0.25, 0.3) is 0 Å². The molecule has 0 spiro atoms. The average molecular weight is 141 g/mol. The highest BCUT2D eigenvalue weighted by molar-refractivity contribution is 4.72. The van der Waals surface area contributed by atoms with E-state index < -0.39 is 0 Å². The number of hydrogen-bond acceptors (Lipinski definition) is 1. The summed E-state index contributed by atoms with van der Waals surface area (Å²) in [6, 6.07) is 0. The first kappa shape index (κ1) is 8.06. The van der Waals surface area contributed by atoms with Crippen molar-refractivity contribution in [2.45, 2.75) is 33.1 Å². The highest BCUT2D eigenvalue weighted by Gasteiger charge is 2.16. The lowest BCUT2D eigenvalue weighted by Crippen LogP contribution is -2.34. The summed E-state index contributed by atoms with van der Waals surface area (Å²) < 4.78 is 0. The maximum absolute atomic E-state index is 3.47. The number of hydrogen-bond donors (Lipinski definition) is 1. The first-order chi connectivity index (χ1) is 4.83. The van der Waals surface area contributed by atoms with E-state index in [9.17, 15) is 0 Å². The third-order valence-corrected chi connectivity index (χ3v) is 2.36. The van der Waals surface area contributed by atoms with Gasteiger partial charge in [0.1, 0.15) is 0 Å². The standard InChI is InChI=1S/C9H19N/c1-3-4-9-5-8(2)6-10-7-9/h8-10H,3-7H2,1-2H3/t8?,9-/m0/s1. The van der Waals surface area contributed by atoms with Gasteiger partial charge in [-0.2, -0.15) is 0 Å². The van der Waals surface area contributed by atoms with Gasteiger partial charge in [-0.15, -0.1) is 0 Å². The zero-order chi connectivity index (χ0) is 7.40. The molecule has 0 bridgehead atoms. The van der Waals surface area contributed by atoms with Gasteiger partial charge in [0.25, 0.3) is 0 Å². The summed E-state index contributed by atoms with van der Waals surface area (Å²) in [5, 5.41) is 3.47. The molecule has 1 rings (SSSR count). The van der Waals surface area contributed by atoms with Crippen LogP contribution in [-0.4, -0.2) is 13.1 Å². The minimum atomic E-state index is 0.908. The van der Waals surface area contributed by atoms with Gasteiger partial charge in [-0.05, 0) is 37.8 Å². The molecule has 1 fully saturated rings. The first-order valence-electron chi connectivity index (χ1n) is 4.53. The molecule has 1 heterocycles. The Morgan fingerprint density at radius 1 is 1.40 bits per heavy atom. The number of nitrogens with one attached hydrogen (secondary N) is 1. The molecule has 0 radical (unpaired) electrons. The average Bonchev–Trinajstić information content (AvgIpc) is 1.88. The van der Waals surface area contributed by atoms with E-state index in [0.717, 1.165) is 11.8 Å². The zero-order valence-corrected chi connectivity index (χ0v) is 7.19. The SMILES string of the molecule is CCC[C@@H]1CNCC(C)C1. The summed E-state index contributed by atoms with van der Waals surface area (Å²) >= 11 is 0. The van der Waals surface area contributed by atoms with Crippen LogP contribution in [-0.2, 0) is 0 Å². The molecule has 1 unspecified atom stereocenters. The van der Waals surface area contributed by atoms with Crippen LogP contribution in [0.5, 0.6) is 0 Å². The van der Waals surface area contributed by atoms with Gasteiger partial charge in [-0.25, -0.2) is 0 Å². The molecule has 0 saturated carbocycles. The fourth-order valence-corrected chi connectivity index (χ4v) is 1.90. The zero-order valence-electron chi connectivity index (χ0n) is 7.19.